The van der Waals surface area contributed by atoms with Gasteiger partial charge >= 0.3 is 0 Å². The van der Waals surface area contributed by atoms with E-state index < -0.39 is 0 Å². The Morgan fingerprint density at radius 2 is 1.50 bits per heavy atom. The number of anilines is 2. The van der Waals surface area contributed by atoms with Crippen molar-refractivity contribution in [2.24, 2.45) is 0 Å². The number of hydrogen-bond donors (Lipinski definition) is 4. The van der Waals surface area contributed by atoms with Crippen LogP contribution in [0.4, 0.5) is 11.6 Å². The van der Waals surface area contributed by atoms with E-state index in [1.54, 1.807) is 0 Å². The lowest BCUT2D eigenvalue weighted by molar-refractivity contribution is -0.105. The van der Waals surface area contributed by atoms with Gasteiger partial charge in [-0.05, 0) is 51.4 Å². The molecule has 0 aromatic carbocycles. The lowest BCUT2D eigenvalue weighted by atomic mass is 9.98. The second-order valence-corrected chi connectivity index (χ2v) is 5.77. The molecular formula is C15H22N6O. The number of aromatic amines is 2. The number of aryl methyl sites for hydroxylation is 2. The van der Waals surface area contributed by atoms with E-state index in [1.165, 1.54) is 48.2 Å². The van der Waals surface area contributed by atoms with Crippen LogP contribution in [-0.4, -0.2) is 26.8 Å². The molecular weight excluding hydrogens is 280 g/mol. The van der Waals surface area contributed by atoms with Crippen molar-refractivity contribution < 1.29 is 4.79 Å². The molecule has 0 atom stereocenters. The van der Waals surface area contributed by atoms with E-state index in [9.17, 15) is 4.79 Å². The van der Waals surface area contributed by atoms with Gasteiger partial charge in [0, 0.05) is 22.5 Å². The van der Waals surface area contributed by atoms with Crippen molar-refractivity contribution in [3.05, 3.63) is 22.5 Å². The number of hydrogen-bond acceptors (Lipinski definition) is 4. The Bertz CT molecular complexity index is 644. The van der Waals surface area contributed by atoms with E-state index in [0.717, 1.165) is 25.7 Å². The van der Waals surface area contributed by atoms with E-state index in [0.29, 0.717) is 18.0 Å². The summed E-state index contributed by atoms with van der Waals surface area (Å²) in [5, 5.41) is 16.5. The molecule has 118 valence electrons. The summed E-state index contributed by atoms with van der Waals surface area (Å²) < 4.78 is 0. The van der Waals surface area contributed by atoms with Gasteiger partial charge in [-0.1, -0.05) is 0 Å². The first kappa shape index (κ1) is 14.6. The highest BCUT2D eigenvalue weighted by atomic mass is 16.1. The van der Waals surface area contributed by atoms with E-state index in [-0.39, 0.29) is 0 Å². The van der Waals surface area contributed by atoms with E-state index >= 15 is 0 Å². The lowest BCUT2D eigenvalue weighted by Crippen LogP contribution is -2.03. The second-order valence-electron chi connectivity index (χ2n) is 5.77. The third kappa shape index (κ3) is 2.98. The molecule has 7 heteroatoms. The van der Waals surface area contributed by atoms with Gasteiger partial charge in [-0.2, -0.15) is 10.2 Å². The van der Waals surface area contributed by atoms with Gasteiger partial charge in [0.05, 0.1) is 0 Å². The van der Waals surface area contributed by atoms with Gasteiger partial charge in [0.1, 0.15) is 5.82 Å². The molecule has 0 aliphatic heterocycles. The number of H-pyrrole nitrogens is 2. The van der Waals surface area contributed by atoms with Crippen molar-refractivity contribution in [1.82, 2.24) is 20.4 Å². The molecule has 0 spiro atoms. The van der Waals surface area contributed by atoms with Crippen LogP contribution >= 0.6 is 0 Å². The summed E-state index contributed by atoms with van der Waals surface area (Å²) in [4.78, 5) is 10.2. The number of carbonyl (C=O) groups is 1. The summed E-state index contributed by atoms with van der Waals surface area (Å²) in [6, 6.07) is 0. The number of amides is 1. The number of fused-ring (bicyclic) bond motifs is 2. The molecule has 2 aliphatic rings. The Morgan fingerprint density at radius 1 is 0.909 bits per heavy atom. The summed E-state index contributed by atoms with van der Waals surface area (Å²) in [5.74, 6) is 1.41. The van der Waals surface area contributed by atoms with Crippen LogP contribution in [0.3, 0.4) is 0 Å². The first-order valence-electron chi connectivity index (χ1n) is 7.87. The highest BCUT2D eigenvalue weighted by Crippen LogP contribution is 2.24. The van der Waals surface area contributed by atoms with Crippen molar-refractivity contribution in [3.8, 4) is 0 Å². The molecule has 2 aliphatic carbocycles. The summed E-state index contributed by atoms with van der Waals surface area (Å²) in [6.07, 6.45) is 9.94. The Balaban J connectivity index is 0.000000133. The van der Waals surface area contributed by atoms with Gasteiger partial charge < -0.3 is 11.1 Å². The van der Waals surface area contributed by atoms with Crippen LogP contribution in [0.2, 0.25) is 0 Å². The van der Waals surface area contributed by atoms with Crippen molar-refractivity contribution >= 4 is 18.0 Å². The molecule has 0 bridgehead atoms. The predicted molar refractivity (Wildman–Crippen MR) is 84.6 cm³/mol. The highest BCUT2D eigenvalue weighted by Gasteiger charge is 2.16. The highest BCUT2D eigenvalue weighted by molar-refractivity contribution is 5.71. The van der Waals surface area contributed by atoms with Crippen molar-refractivity contribution in [2.75, 3.05) is 11.1 Å². The minimum atomic E-state index is 0.672. The molecule has 0 unspecified atom stereocenters. The monoisotopic (exact) mass is 302 g/mol. The molecule has 0 fully saturated rings. The van der Waals surface area contributed by atoms with Gasteiger partial charge in [0.2, 0.25) is 6.41 Å². The van der Waals surface area contributed by atoms with E-state index in [1.807, 2.05) is 0 Å². The first-order chi connectivity index (χ1) is 10.8. The zero-order chi connectivity index (χ0) is 15.4. The average molecular weight is 302 g/mol. The van der Waals surface area contributed by atoms with Gasteiger partial charge in [-0.3, -0.25) is 15.0 Å². The minimum Gasteiger partial charge on any atom is -0.382 e. The largest absolute Gasteiger partial charge is 0.382 e. The average Bonchev–Trinajstić information content (AvgIpc) is 3.14. The van der Waals surface area contributed by atoms with Crippen LogP contribution in [0.1, 0.15) is 48.2 Å². The van der Waals surface area contributed by atoms with Crippen LogP contribution in [0.25, 0.3) is 0 Å². The fourth-order valence-corrected chi connectivity index (χ4v) is 3.16. The molecule has 2 heterocycles. The number of carbonyl (C=O) groups excluding carboxylic acids is 1. The second kappa shape index (κ2) is 6.64. The van der Waals surface area contributed by atoms with E-state index in [4.69, 9.17) is 5.73 Å². The number of rotatable bonds is 2. The third-order valence-corrected chi connectivity index (χ3v) is 4.34. The predicted octanol–water partition coefficient (Wildman–Crippen LogP) is 1.73. The number of aromatic nitrogens is 4. The topological polar surface area (TPSA) is 112 Å². The van der Waals surface area contributed by atoms with E-state index in [2.05, 4.69) is 25.7 Å². The fraction of sp³-hybridized carbons (Fsp3) is 0.533. The normalized spacial score (nSPS) is 16.0. The smallest absolute Gasteiger partial charge is 0.212 e. The fourth-order valence-electron chi connectivity index (χ4n) is 3.16. The van der Waals surface area contributed by atoms with Crippen LogP contribution in [0, 0.1) is 0 Å². The summed E-state index contributed by atoms with van der Waals surface area (Å²) in [6.45, 7) is 0. The van der Waals surface area contributed by atoms with Crippen molar-refractivity contribution in [3.63, 3.8) is 0 Å². The zero-order valence-corrected chi connectivity index (χ0v) is 12.6. The van der Waals surface area contributed by atoms with Gasteiger partial charge in [-0.25, -0.2) is 0 Å². The van der Waals surface area contributed by atoms with Crippen molar-refractivity contribution in [1.29, 1.82) is 0 Å². The molecule has 0 saturated carbocycles. The summed E-state index contributed by atoms with van der Waals surface area (Å²) in [7, 11) is 0. The number of nitrogen functional groups attached to an aromatic ring is 1. The Labute approximate surface area is 129 Å². The number of nitrogens with zero attached hydrogens (tertiary/aromatic N) is 2. The van der Waals surface area contributed by atoms with Gasteiger partial charge in [-0.15, -0.1) is 0 Å². The maximum absolute atomic E-state index is 10.2. The molecule has 5 N–H and O–H groups in total. The van der Waals surface area contributed by atoms with Crippen LogP contribution < -0.4 is 11.1 Å². The van der Waals surface area contributed by atoms with Crippen LogP contribution in [0.5, 0.6) is 0 Å². The third-order valence-electron chi connectivity index (χ3n) is 4.34. The molecule has 7 nitrogen and oxygen atoms in total. The summed E-state index contributed by atoms with van der Waals surface area (Å²) >= 11 is 0. The molecule has 22 heavy (non-hydrogen) atoms. The number of nitrogens with one attached hydrogen (secondary N) is 3. The Morgan fingerprint density at radius 3 is 2.18 bits per heavy atom. The Kier molecular flexibility index (Phi) is 4.41. The van der Waals surface area contributed by atoms with Crippen molar-refractivity contribution in [2.45, 2.75) is 51.4 Å². The molecule has 4 rings (SSSR count). The standard InChI is InChI=1S/C8H11N3O.C7H11N3/c12-5-9-8-6-3-1-2-4-7(6)10-11-8;8-7-5-3-1-2-4-6(5)9-10-7/h5H,1-4H2,(H2,9,10,11,12);1-4H2,(H3,8,9,10). The minimum absolute atomic E-state index is 0.672. The maximum atomic E-state index is 10.2. The Hall–Kier alpha value is -2.31. The van der Waals surface area contributed by atoms with Crippen LogP contribution in [-0.2, 0) is 30.5 Å². The maximum Gasteiger partial charge on any atom is 0.212 e. The molecule has 2 aromatic rings. The molecule has 0 radical (unpaired) electrons. The summed E-state index contributed by atoms with van der Waals surface area (Å²) in [5.41, 5.74) is 10.5. The molecule has 1 amide bonds. The van der Waals surface area contributed by atoms with Gasteiger partial charge in [0.15, 0.2) is 5.82 Å². The van der Waals surface area contributed by atoms with Crippen LogP contribution in [0.15, 0.2) is 0 Å². The lowest BCUT2D eigenvalue weighted by Gasteiger charge is -2.09. The SMILES string of the molecule is Nc1n[nH]c2c1CCCC2.O=CNc1n[nH]c2c1CCCC2. The zero-order valence-electron chi connectivity index (χ0n) is 12.6. The molecule has 2 aromatic heterocycles. The van der Waals surface area contributed by atoms with Gasteiger partial charge in [0.25, 0.3) is 0 Å². The first-order valence-corrected chi connectivity index (χ1v) is 7.87. The number of nitrogens with two attached hydrogens (primary N) is 1. The molecule has 0 saturated heterocycles. The quantitative estimate of drug-likeness (QED) is 0.633.